The van der Waals surface area contributed by atoms with Crippen molar-refractivity contribution in [3.05, 3.63) is 59.2 Å². The molecule has 0 saturated carbocycles. The van der Waals surface area contributed by atoms with Crippen LogP contribution < -0.4 is 4.74 Å². The molecule has 130 valence electrons. The van der Waals surface area contributed by atoms with Crippen LogP contribution in [0.15, 0.2) is 47.6 Å². The Hall–Kier alpha value is -2.27. The second-order valence-electron chi connectivity index (χ2n) is 6.26. The van der Waals surface area contributed by atoms with Crippen molar-refractivity contribution in [2.24, 2.45) is 7.05 Å². The van der Waals surface area contributed by atoms with Crippen molar-refractivity contribution >= 4 is 11.8 Å². The van der Waals surface area contributed by atoms with Gasteiger partial charge in [0.15, 0.2) is 11.0 Å². The van der Waals surface area contributed by atoms with Gasteiger partial charge in [0.25, 0.3) is 0 Å². The number of hydrogen-bond acceptors (Lipinski definition) is 4. The van der Waals surface area contributed by atoms with Gasteiger partial charge in [-0.1, -0.05) is 41.6 Å². The Bertz CT molecular complexity index is 853. The number of benzene rings is 2. The minimum Gasteiger partial charge on any atom is -0.493 e. The lowest BCUT2D eigenvalue weighted by Gasteiger charge is -2.08. The minimum atomic E-state index is 0.639. The van der Waals surface area contributed by atoms with E-state index in [1.807, 2.05) is 17.7 Å². The lowest BCUT2D eigenvalue weighted by molar-refractivity contribution is 0.343. The molecule has 0 amide bonds. The number of ether oxygens (including phenoxy) is 1. The number of hydrogen-bond donors (Lipinski definition) is 0. The molecule has 0 aliphatic carbocycles. The summed E-state index contributed by atoms with van der Waals surface area (Å²) >= 11 is 1.66. The SMILES string of the molecule is Cc1cc(C)cc(OCCSc2nnc(-c3cccc(C)c3)n2C)c1. The molecule has 2 aromatic carbocycles. The molecule has 0 fully saturated rings. The largest absolute Gasteiger partial charge is 0.493 e. The first kappa shape index (κ1) is 17.5. The molecule has 0 N–H and O–H groups in total. The predicted octanol–water partition coefficient (Wildman–Crippen LogP) is 4.58. The maximum atomic E-state index is 5.86. The van der Waals surface area contributed by atoms with Crippen LogP contribution in [0.5, 0.6) is 5.75 Å². The third-order valence-electron chi connectivity index (χ3n) is 3.89. The van der Waals surface area contributed by atoms with Gasteiger partial charge in [-0.25, -0.2) is 0 Å². The number of rotatable bonds is 6. The summed E-state index contributed by atoms with van der Waals surface area (Å²) in [5.41, 5.74) is 4.75. The molecule has 0 aliphatic rings. The summed E-state index contributed by atoms with van der Waals surface area (Å²) in [6, 6.07) is 14.6. The van der Waals surface area contributed by atoms with Crippen molar-refractivity contribution in [3.8, 4) is 17.1 Å². The van der Waals surface area contributed by atoms with Crippen molar-refractivity contribution in [1.29, 1.82) is 0 Å². The Morgan fingerprint density at radius 3 is 2.44 bits per heavy atom. The second kappa shape index (κ2) is 7.74. The molecule has 0 atom stereocenters. The van der Waals surface area contributed by atoms with Crippen LogP contribution in [0.4, 0.5) is 0 Å². The van der Waals surface area contributed by atoms with E-state index in [0.29, 0.717) is 6.61 Å². The zero-order valence-electron chi connectivity index (χ0n) is 15.1. The molecular formula is C20H23N3OS. The van der Waals surface area contributed by atoms with Gasteiger partial charge in [0.2, 0.25) is 0 Å². The molecule has 0 spiro atoms. The molecule has 0 radical (unpaired) electrons. The van der Waals surface area contributed by atoms with Crippen LogP contribution in [0.2, 0.25) is 0 Å². The van der Waals surface area contributed by atoms with E-state index < -0.39 is 0 Å². The molecule has 0 aliphatic heterocycles. The van der Waals surface area contributed by atoms with E-state index in [4.69, 9.17) is 4.74 Å². The minimum absolute atomic E-state index is 0.639. The Labute approximate surface area is 153 Å². The molecule has 1 aromatic heterocycles. The monoisotopic (exact) mass is 353 g/mol. The maximum Gasteiger partial charge on any atom is 0.191 e. The molecule has 0 bridgehead atoms. The van der Waals surface area contributed by atoms with Gasteiger partial charge >= 0.3 is 0 Å². The van der Waals surface area contributed by atoms with Gasteiger partial charge in [-0.2, -0.15) is 0 Å². The number of aromatic nitrogens is 3. The number of nitrogens with zero attached hydrogens (tertiary/aromatic N) is 3. The normalized spacial score (nSPS) is 10.9. The number of thioether (sulfide) groups is 1. The average Bonchev–Trinajstić information content (AvgIpc) is 2.92. The van der Waals surface area contributed by atoms with Crippen LogP contribution in [0.1, 0.15) is 16.7 Å². The van der Waals surface area contributed by atoms with Crippen LogP contribution in [0.25, 0.3) is 11.4 Å². The summed E-state index contributed by atoms with van der Waals surface area (Å²) in [6.45, 7) is 6.89. The fourth-order valence-electron chi connectivity index (χ4n) is 2.78. The molecule has 0 saturated heterocycles. The van der Waals surface area contributed by atoms with Gasteiger partial charge in [0, 0.05) is 18.4 Å². The highest BCUT2D eigenvalue weighted by atomic mass is 32.2. The summed E-state index contributed by atoms with van der Waals surface area (Å²) in [4.78, 5) is 0. The number of aryl methyl sites for hydroxylation is 3. The smallest absolute Gasteiger partial charge is 0.191 e. The van der Waals surface area contributed by atoms with Crippen molar-refractivity contribution < 1.29 is 4.74 Å². The quantitative estimate of drug-likeness (QED) is 0.480. The van der Waals surface area contributed by atoms with Crippen LogP contribution in [-0.4, -0.2) is 27.1 Å². The van der Waals surface area contributed by atoms with Gasteiger partial charge < -0.3 is 9.30 Å². The fourth-order valence-corrected chi connectivity index (χ4v) is 3.51. The zero-order valence-corrected chi connectivity index (χ0v) is 15.9. The van der Waals surface area contributed by atoms with E-state index in [-0.39, 0.29) is 0 Å². The predicted molar refractivity (Wildman–Crippen MR) is 103 cm³/mol. The van der Waals surface area contributed by atoms with E-state index in [0.717, 1.165) is 28.0 Å². The van der Waals surface area contributed by atoms with E-state index >= 15 is 0 Å². The molecule has 1 heterocycles. The fraction of sp³-hybridized carbons (Fsp3) is 0.300. The summed E-state index contributed by atoms with van der Waals surface area (Å²) in [6.07, 6.45) is 0. The van der Waals surface area contributed by atoms with E-state index in [9.17, 15) is 0 Å². The van der Waals surface area contributed by atoms with Crippen LogP contribution in [-0.2, 0) is 7.05 Å². The Kier molecular flexibility index (Phi) is 5.43. The van der Waals surface area contributed by atoms with Crippen molar-refractivity contribution in [2.45, 2.75) is 25.9 Å². The highest BCUT2D eigenvalue weighted by Crippen LogP contribution is 2.23. The molecule has 25 heavy (non-hydrogen) atoms. The average molecular weight is 353 g/mol. The third kappa shape index (κ3) is 4.42. The van der Waals surface area contributed by atoms with Gasteiger partial charge in [-0.05, 0) is 50.1 Å². The summed E-state index contributed by atoms with van der Waals surface area (Å²) < 4.78 is 7.90. The molecule has 3 aromatic rings. The first-order chi connectivity index (χ1) is 12.0. The van der Waals surface area contributed by atoms with Gasteiger partial charge in [-0.3, -0.25) is 0 Å². The molecular weight excluding hydrogens is 330 g/mol. The van der Waals surface area contributed by atoms with E-state index in [2.05, 4.69) is 67.4 Å². The van der Waals surface area contributed by atoms with Crippen LogP contribution in [0.3, 0.4) is 0 Å². The zero-order chi connectivity index (χ0) is 17.8. The Morgan fingerprint density at radius 2 is 1.72 bits per heavy atom. The third-order valence-corrected chi connectivity index (χ3v) is 4.87. The van der Waals surface area contributed by atoms with Crippen LogP contribution in [0, 0.1) is 20.8 Å². The topological polar surface area (TPSA) is 39.9 Å². The maximum absolute atomic E-state index is 5.86. The summed E-state index contributed by atoms with van der Waals surface area (Å²) in [5.74, 6) is 2.64. The van der Waals surface area contributed by atoms with Crippen LogP contribution >= 0.6 is 11.8 Å². The Morgan fingerprint density at radius 1 is 0.960 bits per heavy atom. The van der Waals surface area contributed by atoms with Gasteiger partial charge in [-0.15, -0.1) is 10.2 Å². The van der Waals surface area contributed by atoms with Crippen molar-refractivity contribution in [2.75, 3.05) is 12.4 Å². The lowest BCUT2D eigenvalue weighted by Crippen LogP contribution is -2.02. The van der Waals surface area contributed by atoms with Crippen molar-refractivity contribution in [3.63, 3.8) is 0 Å². The van der Waals surface area contributed by atoms with Crippen molar-refractivity contribution in [1.82, 2.24) is 14.8 Å². The molecule has 0 unspecified atom stereocenters. The van der Waals surface area contributed by atoms with Gasteiger partial charge in [0.1, 0.15) is 5.75 Å². The first-order valence-corrected chi connectivity index (χ1v) is 9.32. The molecule has 5 heteroatoms. The highest BCUT2D eigenvalue weighted by molar-refractivity contribution is 7.99. The summed E-state index contributed by atoms with van der Waals surface area (Å²) in [5, 5.41) is 9.56. The highest BCUT2D eigenvalue weighted by Gasteiger charge is 2.11. The van der Waals surface area contributed by atoms with Gasteiger partial charge in [0.05, 0.1) is 6.61 Å². The Balaban J connectivity index is 1.59. The second-order valence-corrected chi connectivity index (χ2v) is 7.32. The standard InChI is InChI=1S/C20H23N3OS/c1-14-6-5-7-17(11-14)19-21-22-20(23(19)4)25-9-8-24-18-12-15(2)10-16(3)13-18/h5-7,10-13H,8-9H2,1-4H3. The lowest BCUT2D eigenvalue weighted by atomic mass is 10.1. The summed E-state index contributed by atoms with van der Waals surface area (Å²) in [7, 11) is 2.00. The molecule has 3 rings (SSSR count). The van der Waals surface area contributed by atoms with E-state index in [1.165, 1.54) is 16.7 Å². The van der Waals surface area contributed by atoms with E-state index in [1.54, 1.807) is 11.8 Å². The molecule has 4 nitrogen and oxygen atoms in total. The first-order valence-electron chi connectivity index (χ1n) is 8.33.